The number of ether oxygens (including phenoxy) is 3. The van der Waals surface area contributed by atoms with Crippen LogP contribution in [0.2, 0.25) is 0 Å². The SMILES string of the molecule is COc1ccc2c(COC(=O)CCCCCn3cc(COc4ccc(-c5c(C)c(C)c(-c6ccc(O)cc6)c(O)c5O)cc4)nn3)cc(=O)oc2c1. The Morgan fingerprint density at radius 2 is 1.46 bits per heavy atom. The molecule has 0 spiro atoms. The lowest BCUT2D eigenvalue weighted by Crippen LogP contribution is -2.07. The molecule has 0 radical (unpaired) electrons. The Morgan fingerprint density at radius 1 is 0.808 bits per heavy atom. The standard InChI is InChI=1S/C40H39N3O9/c1-24-25(2)38(40(48)39(47)37(24)26-8-12-30(44)13-9-26)27-10-14-31(15-11-27)50-23-29-21-43(42-41-29)18-6-4-5-7-35(45)51-22-28-19-36(46)52-34-20-32(49-3)16-17-33(28)34/h8-17,19-21,44,47-48H,4-7,18,22-23H2,1-3H3. The number of carbonyl (C=O) groups excluding carboxylic acids is 1. The maximum Gasteiger partial charge on any atom is 0.336 e. The van der Waals surface area contributed by atoms with Crippen LogP contribution in [0.25, 0.3) is 33.2 Å². The quantitative estimate of drug-likeness (QED) is 0.0449. The fraction of sp³-hybridized carbons (Fsp3) is 0.250. The normalized spacial score (nSPS) is 11.1. The van der Waals surface area contributed by atoms with Gasteiger partial charge in [-0.1, -0.05) is 35.9 Å². The molecule has 0 fully saturated rings. The van der Waals surface area contributed by atoms with E-state index in [1.807, 2.05) is 32.2 Å². The van der Waals surface area contributed by atoms with Crippen LogP contribution in [0.1, 0.15) is 48.1 Å². The average molecular weight is 706 g/mol. The largest absolute Gasteiger partial charge is 0.508 e. The van der Waals surface area contributed by atoms with E-state index in [1.54, 1.807) is 47.1 Å². The summed E-state index contributed by atoms with van der Waals surface area (Å²) in [6, 6.07) is 20.2. The molecule has 2 heterocycles. The molecular weight excluding hydrogens is 666 g/mol. The predicted octanol–water partition coefficient (Wildman–Crippen LogP) is 7.34. The van der Waals surface area contributed by atoms with Crippen LogP contribution in [-0.4, -0.2) is 43.4 Å². The molecule has 0 bridgehead atoms. The maximum absolute atomic E-state index is 12.4. The number of aromatic hydroxyl groups is 3. The second kappa shape index (κ2) is 15.7. The molecule has 268 valence electrons. The minimum Gasteiger partial charge on any atom is -0.508 e. The number of unbranched alkanes of at least 4 members (excludes halogenated alkanes) is 2. The van der Waals surface area contributed by atoms with Gasteiger partial charge >= 0.3 is 11.6 Å². The van der Waals surface area contributed by atoms with Crippen LogP contribution in [0.5, 0.6) is 28.7 Å². The number of esters is 1. The molecule has 0 amide bonds. The number of hydrogen-bond donors (Lipinski definition) is 3. The second-order valence-corrected chi connectivity index (χ2v) is 12.5. The van der Waals surface area contributed by atoms with Crippen molar-refractivity contribution in [2.45, 2.75) is 59.3 Å². The highest BCUT2D eigenvalue weighted by molar-refractivity contribution is 5.88. The van der Waals surface area contributed by atoms with Crippen LogP contribution < -0.4 is 15.1 Å². The van der Waals surface area contributed by atoms with Crippen molar-refractivity contribution in [2.24, 2.45) is 0 Å². The van der Waals surface area contributed by atoms with Crippen molar-refractivity contribution in [1.82, 2.24) is 15.0 Å². The smallest absolute Gasteiger partial charge is 0.336 e. The number of carbonyl (C=O) groups is 1. The summed E-state index contributed by atoms with van der Waals surface area (Å²) in [5, 5.41) is 40.7. The third-order valence-corrected chi connectivity index (χ3v) is 8.98. The average Bonchev–Trinajstić information content (AvgIpc) is 3.60. The Kier molecular flexibility index (Phi) is 10.7. The summed E-state index contributed by atoms with van der Waals surface area (Å²) < 4.78 is 23.5. The van der Waals surface area contributed by atoms with Gasteiger partial charge in [0.05, 0.1) is 13.3 Å². The van der Waals surface area contributed by atoms with Gasteiger partial charge in [-0.05, 0) is 85.3 Å². The molecule has 12 heteroatoms. The van der Waals surface area contributed by atoms with Crippen molar-refractivity contribution in [3.8, 4) is 51.0 Å². The molecule has 0 aliphatic carbocycles. The van der Waals surface area contributed by atoms with E-state index < -0.39 is 5.63 Å². The molecule has 6 rings (SSSR count). The fourth-order valence-corrected chi connectivity index (χ4v) is 6.10. The van der Waals surface area contributed by atoms with Gasteiger partial charge in [0, 0.05) is 47.2 Å². The molecule has 0 aliphatic rings. The summed E-state index contributed by atoms with van der Waals surface area (Å²) in [5.41, 5.74) is 5.17. The van der Waals surface area contributed by atoms with E-state index in [0.717, 1.165) is 29.5 Å². The van der Waals surface area contributed by atoms with E-state index in [2.05, 4.69) is 10.3 Å². The summed E-state index contributed by atoms with van der Waals surface area (Å²) in [7, 11) is 1.53. The van der Waals surface area contributed by atoms with Gasteiger partial charge in [-0.2, -0.15) is 0 Å². The van der Waals surface area contributed by atoms with Gasteiger partial charge in [-0.3, -0.25) is 9.48 Å². The van der Waals surface area contributed by atoms with E-state index in [4.69, 9.17) is 18.6 Å². The molecule has 0 unspecified atom stereocenters. The number of aromatic nitrogens is 3. The molecule has 0 saturated carbocycles. The summed E-state index contributed by atoms with van der Waals surface area (Å²) in [5.74, 6) is 0.507. The Morgan fingerprint density at radius 3 is 2.13 bits per heavy atom. The van der Waals surface area contributed by atoms with Gasteiger partial charge in [0.25, 0.3) is 0 Å². The van der Waals surface area contributed by atoms with Gasteiger partial charge in [-0.15, -0.1) is 5.10 Å². The number of benzene rings is 4. The molecule has 0 atom stereocenters. The second-order valence-electron chi connectivity index (χ2n) is 12.5. The van der Waals surface area contributed by atoms with Gasteiger partial charge in [-0.25, -0.2) is 4.79 Å². The van der Waals surface area contributed by atoms with E-state index in [1.165, 1.54) is 25.3 Å². The molecule has 2 aromatic heterocycles. The highest BCUT2D eigenvalue weighted by atomic mass is 16.5. The molecule has 0 aliphatic heterocycles. The Labute approximate surface area is 299 Å². The number of methoxy groups -OCH3 is 1. The third-order valence-electron chi connectivity index (χ3n) is 8.98. The van der Waals surface area contributed by atoms with Crippen LogP contribution in [0.15, 0.2) is 88.2 Å². The highest BCUT2D eigenvalue weighted by Crippen LogP contribution is 2.48. The van der Waals surface area contributed by atoms with Gasteiger partial charge in [0.15, 0.2) is 11.5 Å². The number of hydrogen-bond acceptors (Lipinski definition) is 11. The lowest BCUT2D eigenvalue weighted by Gasteiger charge is -2.18. The first kappa shape index (κ1) is 35.5. The summed E-state index contributed by atoms with van der Waals surface area (Å²) in [6.07, 6.45) is 4.31. The van der Waals surface area contributed by atoms with Gasteiger partial charge in [0.1, 0.15) is 41.7 Å². The van der Waals surface area contributed by atoms with Crippen molar-refractivity contribution in [3.63, 3.8) is 0 Å². The van der Waals surface area contributed by atoms with Crippen molar-refractivity contribution in [2.75, 3.05) is 7.11 Å². The molecule has 52 heavy (non-hydrogen) atoms. The fourth-order valence-electron chi connectivity index (χ4n) is 6.10. The number of phenols is 3. The van der Waals surface area contributed by atoms with Crippen LogP contribution in [0, 0.1) is 13.8 Å². The maximum atomic E-state index is 12.4. The van der Waals surface area contributed by atoms with Gasteiger partial charge < -0.3 is 33.9 Å². The van der Waals surface area contributed by atoms with Crippen molar-refractivity contribution >= 4 is 16.9 Å². The minimum atomic E-state index is -0.523. The van der Waals surface area contributed by atoms with Crippen LogP contribution in [0.4, 0.5) is 0 Å². The zero-order valence-electron chi connectivity index (χ0n) is 29.1. The third kappa shape index (κ3) is 8.02. The summed E-state index contributed by atoms with van der Waals surface area (Å²) in [6.45, 7) is 4.60. The zero-order valence-corrected chi connectivity index (χ0v) is 29.1. The summed E-state index contributed by atoms with van der Waals surface area (Å²) >= 11 is 0. The number of aryl methyl sites for hydroxylation is 1. The number of rotatable bonds is 14. The Hall–Kier alpha value is -6.30. The first-order valence-electron chi connectivity index (χ1n) is 16.8. The monoisotopic (exact) mass is 705 g/mol. The van der Waals surface area contributed by atoms with Gasteiger partial charge in [0.2, 0.25) is 0 Å². The summed E-state index contributed by atoms with van der Waals surface area (Å²) in [4.78, 5) is 24.3. The lowest BCUT2D eigenvalue weighted by molar-refractivity contribution is -0.145. The molecule has 6 aromatic rings. The molecule has 12 nitrogen and oxygen atoms in total. The number of phenolic OH excluding ortho intramolecular Hbond substituents is 3. The van der Waals surface area contributed by atoms with Crippen molar-refractivity contribution in [3.05, 3.63) is 112 Å². The zero-order chi connectivity index (χ0) is 36.8. The van der Waals surface area contributed by atoms with E-state index in [0.29, 0.717) is 63.4 Å². The van der Waals surface area contributed by atoms with Crippen LogP contribution in [-0.2, 0) is 29.3 Å². The lowest BCUT2D eigenvalue weighted by atomic mass is 9.89. The van der Waals surface area contributed by atoms with E-state index in [9.17, 15) is 24.9 Å². The number of nitrogens with zero attached hydrogens (tertiary/aromatic N) is 3. The van der Waals surface area contributed by atoms with Crippen LogP contribution in [0.3, 0.4) is 0 Å². The number of fused-ring (bicyclic) bond motifs is 1. The Bertz CT molecular complexity index is 2230. The van der Waals surface area contributed by atoms with Crippen molar-refractivity contribution < 1.29 is 38.7 Å². The Balaban J connectivity index is 0.950. The molecular formula is C40H39N3O9. The van der Waals surface area contributed by atoms with Crippen LogP contribution >= 0.6 is 0 Å². The van der Waals surface area contributed by atoms with E-state index in [-0.39, 0.29) is 42.9 Å². The minimum absolute atomic E-state index is 0.0223. The molecule has 4 aromatic carbocycles. The first-order chi connectivity index (χ1) is 25.1. The van der Waals surface area contributed by atoms with Crippen molar-refractivity contribution in [1.29, 1.82) is 0 Å². The first-order valence-corrected chi connectivity index (χ1v) is 16.8. The molecule has 0 saturated heterocycles. The highest BCUT2D eigenvalue weighted by Gasteiger charge is 2.21. The molecule has 3 N–H and O–H groups in total. The van der Waals surface area contributed by atoms with E-state index >= 15 is 0 Å². The topological polar surface area (TPSA) is 166 Å². The predicted molar refractivity (Wildman–Crippen MR) is 193 cm³/mol.